The number of benzene rings is 3. The van der Waals surface area contributed by atoms with E-state index in [1.165, 1.54) is 10.6 Å². The lowest BCUT2D eigenvalue weighted by atomic mass is 10.0. The minimum absolute atomic E-state index is 0.0732. The molecule has 1 atom stereocenters. The average Bonchev–Trinajstić information content (AvgIpc) is 2.93. The molecule has 1 unspecified atom stereocenters. The Morgan fingerprint density at radius 2 is 1.66 bits per heavy atom. The van der Waals surface area contributed by atoms with Crippen LogP contribution in [0.15, 0.2) is 72.8 Å². The van der Waals surface area contributed by atoms with E-state index in [4.69, 9.17) is 11.6 Å². The molecule has 7 nitrogen and oxygen atoms in total. The maximum Gasteiger partial charge on any atom is 0.243 e. The van der Waals surface area contributed by atoms with Crippen LogP contribution < -0.4 is 9.62 Å². The summed E-state index contributed by atoms with van der Waals surface area (Å²) in [6, 6.07) is 21.8. The topological polar surface area (TPSA) is 86.8 Å². The van der Waals surface area contributed by atoms with Crippen molar-refractivity contribution in [3.05, 3.63) is 100 Å². The van der Waals surface area contributed by atoms with Gasteiger partial charge >= 0.3 is 0 Å². The Hall–Kier alpha value is -3.36. The molecule has 220 valence electrons. The Morgan fingerprint density at radius 1 is 0.951 bits per heavy atom. The van der Waals surface area contributed by atoms with Crippen LogP contribution in [0.2, 0.25) is 5.02 Å². The van der Waals surface area contributed by atoms with E-state index in [0.29, 0.717) is 30.1 Å². The molecule has 0 aliphatic carbocycles. The highest BCUT2D eigenvalue weighted by atomic mass is 35.5. The van der Waals surface area contributed by atoms with Gasteiger partial charge in [0.15, 0.2) is 0 Å². The highest BCUT2D eigenvalue weighted by Gasteiger charge is 2.30. The molecule has 0 aliphatic heterocycles. The first-order chi connectivity index (χ1) is 19.5. The molecule has 0 radical (unpaired) electrons. The summed E-state index contributed by atoms with van der Waals surface area (Å²) in [7, 11) is -3.58. The van der Waals surface area contributed by atoms with Gasteiger partial charge in [0.2, 0.25) is 21.8 Å². The lowest BCUT2D eigenvalue weighted by Gasteiger charge is -2.32. The fourth-order valence-corrected chi connectivity index (χ4v) is 5.95. The van der Waals surface area contributed by atoms with Gasteiger partial charge in [0, 0.05) is 37.5 Å². The monoisotopic (exact) mass is 597 g/mol. The first kappa shape index (κ1) is 32.2. The van der Waals surface area contributed by atoms with E-state index in [-0.39, 0.29) is 31.3 Å². The van der Waals surface area contributed by atoms with Gasteiger partial charge in [-0.15, -0.1) is 0 Å². The summed E-state index contributed by atoms with van der Waals surface area (Å²) in [5.41, 5.74) is 4.14. The number of rotatable bonds is 14. The summed E-state index contributed by atoms with van der Waals surface area (Å²) < 4.78 is 26.8. The number of carbonyl (C=O) groups excluding carboxylic acids is 2. The van der Waals surface area contributed by atoms with E-state index >= 15 is 0 Å². The van der Waals surface area contributed by atoms with Crippen LogP contribution in [0.1, 0.15) is 48.4 Å². The Morgan fingerprint density at radius 3 is 2.32 bits per heavy atom. The second kappa shape index (κ2) is 15.0. The maximum atomic E-state index is 13.9. The number of nitrogens with one attached hydrogen (secondary N) is 1. The van der Waals surface area contributed by atoms with Crippen molar-refractivity contribution in [2.75, 3.05) is 23.7 Å². The van der Waals surface area contributed by atoms with Crippen LogP contribution in [0.25, 0.3) is 0 Å². The highest BCUT2D eigenvalue weighted by Crippen LogP contribution is 2.25. The van der Waals surface area contributed by atoms with Crippen molar-refractivity contribution in [1.82, 2.24) is 10.2 Å². The third-order valence-electron chi connectivity index (χ3n) is 6.85. The summed E-state index contributed by atoms with van der Waals surface area (Å²) in [4.78, 5) is 28.9. The van der Waals surface area contributed by atoms with Crippen molar-refractivity contribution in [3.8, 4) is 0 Å². The second-order valence-corrected chi connectivity index (χ2v) is 12.7. The smallest absolute Gasteiger partial charge is 0.243 e. The average molecular weight is 598 g/mol. The van der Waals surface area contributed by atoms with E-state index in [1.54, 1.807) is 17.0 Å². The Kier molecular flexibility index (Phi) is 11.8. The zero-order valence-corrected chi connectivity index (χ0v) is 25.8. The summed E-state index contributed by atoms with van der Waals surface area (Å²) in [6.45, 7) is 6.60. The van der Waals surface area contributed by atoms with Gasteiger partial charge in [-0.2, -0.15) is 0 Å². The molecule has 0 bridgehead atoms. The molecule has 1 N–H and O–H groups in total. The Labute approximate surface area is 249 Å². The Bertz CT molecular complexity index is 1430. The Balaban J connectivity index is 1.89. The molecule has 41 heavy (non-hydrogen) atoms. The number of amides is 2. The quantitative estimate of drug-likeness (QED) is 0.259. The fraction of sp³-hybridized carbons (Fsp3) is 0.375. The molecule has 0 spiro atoms. The number of halogens is 1. The van der Waals surface area contributed by atoms with Crippen LogP contribution in [0.4, 0.5) is 5.69 Å². The van der Waals surface area contributed by atoms with Gasteiger partial charge in [-0.05, 0) is 67.1 Å². The normalized spacial score (nSPS) is 12.0. The predicted molar refractivity (Wildman–Crippen MR) is 167 cm³/mol. The standard InChI is InChI=1S/C32H40ClN3O4S/c1-5-18-34-32(38)30(22-26-11-7-6-8-12-26)35(23-27-13-9-14-28(33)21-27)31(37)15-10-19-36(41(4,39)40)29-20-24(2)16-17-25(29)3/h6-9,11-14,16-17,20-21,30H,5,10,15,18-19,22-23H2,1-4H3,(H,34,38). The minimum Gasteiger partial charge on any atom is -0.354 e. The first-order valence-corrected chi connectivity index (χ1v) is 16.1. The number of carbonyl (C=O) groups is 2. The third kappa shape index (κ3) is 9.61. The zero-order valence-electron chi connectivity index (χ0n) is 24.3. The van der Waals surface area contributed by atoms with E-state index in [1.807, 2.05) is 81.4 Å². The SMILES string of the molecule is CCCNC(=O)C(Cc1ccccc1)N(Cc1cccc(Cl)c1)C(=O)CCCN(c1cc(C)ccc1C)S(C)(=O)=O. The molecular weight excluding hydrogens is 558 g/mol. The lowest BCUT2D eigenvalue weighted by molar-refractivity contribution is -0.141. The van der Waals surface area contributed by atoms with Gasteiger partial charge in [-0.3, -0.25) is 13.9 Å². The molecule has 0 saturated carbocycles. The number of nitrogens with zero attached hydrogens (tertiary/aromatic N) is 2. The number of anilines is 1. The van der Waals surface area contributed by atoms with E-state index < -0.39 is 16.1 Å². The molecule has 3 aromatic rings. The van der Waals surface area contributed by atoms with Crippen molar-refractivity contribution in [2.45, 2.75) is 59.0 Å². The van der Waals surface area contributed by atoms with Crippen molar-refractivity contribution >= 4 is 39.1 Å². The van der Waals surface area contributed by atoms with Crippen molar-refractivity contribution in [3.63, 3.8) is 0 Å². The van der Waals surface area contributed by atoms with Gasteiger partial charge in [-0.1, -0.05) is 73.1 Å². The molecule has 0 fully saturated rings. The van der Waals surface area contributed by atoms with Crippen LogP contribution in [0, 0.1) is 13.8 Å². The van der Waals surface area contributed by atoms with Crippen molar-refractivity contribution < 1.29 is 18.0 Å². The molecule has 0 saturated heterocycles. The number of hydrogen-bond donors (Lipinski definition) is 1. The highest BCUT2D eigenvalue weighted by molar-refractivity contribution is 7.92. The summed E-state index contributed by atoms with van der Waals surface area (Å²) in [5.74, 6) is -0.453. The molecule has 2 amide bonds. The van der Waals surface area contributed by atoms with Gasteiger partial charge in [0.05, 0.1) is 11.9 Å². The van der Waals surface area contributed by atoms with Gasteiger partial charge < -0.3 is 10.2 Å². The van der Waals surface area contributed by atoms with Crippen LogP contribution in [-0.2, 0) is 32.6 Å². The van der Waals surface area contributed by atoms with Gasteiger partial charge in [-0.25, -0.2) is 8.42 Å². The zero-order chi connectivity index (χ0) is 30.0. The number of hydrogen-bond acceptors (Lipinski definition) is 4. The number of aryl methyl sites for hydroxylation is 2. The van der Waals surface area contributed by atoms with Gasteiger partial charge in [0.25, 0.3) is 0 Å². The molecular formula is C32H40ClN3O4S. The molecule has 3 aromatic carbocycles. The van der Waals surface area contributed by atoms with E-state index in [2.05, 4.69) is 5.32 Å². The largest absolute Gasteiger partial charge is 0.354 e. The lowest BCUT2D eigenvalue weighted by Crippen LogP contribution is -2.50. The van der Waals surface area contributed by atoms with E-state index in [9.17, 15) is 18.0 Å². The molecule has 0 heterocycles. The van der Waals surface area contributed by atoms with Crippen LogP contribution in [0.3, 0.4) is 0 Å². The fourth-order valence-electron chi connectivity index (χ4n) is 4.72. The number of sulfonamides is 1. The maximum absolute atomic E-state index is 13.9. The summed E-state index contributed by atoms with van der Waals surface area (Å²) >= 11 is 6.25. The molecule has 0 aromatic heterocycles. The summed E-state index contributed by atoms with van der Waals surface area (Å²) in [6.07, 6.45) is 2.66. The molecule has 3 rings (SSSR count). The van der Waals surface area contributed by atoms with Gasteiger partial charge in [0.1, 0.15) is 6.04 Å². The molecule has 9 heteroatoms. The minimum atomic E-state index is -3.58. The van der Waals surface area contributed by atoms with E-state index in [0.717, 1.165) is 28.7 Å². The van der Waals surface area contributed by atoms with Crippen LogP contribution >= 0.6 is 11.6 Å². The summed E-state index contributed by atoms with van der Waals surface area (Å²) in [5, 5.41) is 3.51. The second-order valence-electron chi connectivity index (χ2n) is 10.4. The van der Waals surface area contributed by atoms with Crippen LogP contribution in [-0.4, -0.2) is 50.5 Å². The third-order valence-corrected chi connectivity index (χ3v) is 8.26. The van der Waals surface area contributed by atoms with Crippen molar-refractivity contribution in [2.24, 2.45) is 0 Å². The van der Waals surface area contributed by atoms with Crippen molar-refractivity contribution in [1.29, 1.82) is 0 Å². The molecule has 0 aliphatic rings. The first-order valence-electron chi connectivity index (χ1n) is 13.9. The van der Waals surface area contributed by atoms with Crippen LogP contribution in [0.5, 0.6) is 0 Å². The predicted octanol–water partition coefficient (Wildman–Crippen LogP) is 5.67.